The summed E-state index contributed by atoms with van der Waals surface area (Å²) in [6.45, 7) is 0. The Kier molecular flexibility index (Phi) is 5.05. The van der Waals surface area contributed by atoms with Crippen LogP contribution >= 0.6 is 11.8 Å². The number of pyridine rings is 1. The van der Waals surface area contributed by atoms with Gasteiger partial charge in [0.25, 0.3) is 0 Å². The molecule has 0 atom stereocenters. The van der Waals surface area contributed by atoms with Crippen molar-refractivity contribution in [3.8, 4) is 23.1 Å². The molecule has 0 spiro atoms. The Morgan fingerprint density at radius 1 is 1.13 bits per heavy atom. The van der Waals surface area contributed by atoms with Gasteiger partial charge in [0.1, 0.15) is 17.5 Å². The van der Waals surface area contributed by atoms with Gasteiger partial charge >= 0.3 is 6.18 Å². The monoisotopic (exact) mass is 427 g/mol. The van der Waals surface area contributed by atoms with Gasteiger partial charge in [-0.2, -0.15) is 18.4 Å². The van der Waals surface area contributed by atoms with Gasteiger partial charge in [-0.15, -0.1) is 0 Å². The lowest BCUT2D eigenvalue weighted by Gasteiger charge is -2.08. The molecule has 0 bridgehead atoms. The van der Waals surface area contributed by atoms with Crippen molar-refractivity contribution < 1.29 is 17.9 Å². The number of aromatic amines is 1. The van der Waals surface area contributed by atoms with Gasteiger partial charge in [0, 0.05) is 34.4 Å². The van der Waals surface area contributed by atoms with Crippen LogP contribution in [0.1, 0.15) is 11.1 Å². The van der Waals surface area contributed by atoms with Crippen molar-refractivity contribution >= 4 is 22.8 Å². The number of H-pyrrole nitrogens is 1. The quantitative estimate of drug-likeness (QED) is 0.458. The molecule has 0 aliphatic rings. The van der Waals surface area contributed by atoms with E-state index in [9.17, 15) is 18.4 Å². The average molecular weight is 427 g/mol. The number of nitriles is 1. The molecule has 0 aliphatic carbocycles. The number of nitrogens with zero attached hydrogens (tertiary/aromatic N) is 4. The van der Waals surface area contributed by atoms with Gasteiger partial charge in [0.2, 0.25) is 0 Å². The van der Waals surface area contributed by atoms with Crippen LogP contribution < -0.4 is 4.74 Å². The molecule has 4 rings (SSSR count). The van der Waals surface area contributed by atoms with Gasteiger partial charge in [-0.1, -0.05) is 0 Å². The summed E-state index contributed by atoms with van der Waals surface area (Å²) in [4.78, 5) is 16.1. The predicted molar refractivity (Wildman–Crippen MR) is 104 cm³/mol. The second-order valence-electron chi connectivity index (χ2n) is 6.12. The lowest BCUT2D eigenvalue weighted by molar-refractivity contribution is -0.137. The summed E-state index contributed by atoms with van der Waals surface area (Å²) < 4.78 is 44.5. The number of rotatable bonds is 4. The zero-order valence-corrected chi connectivity index (χ0v) is 16.2. The van der Waals surface area contributed by atoms with E-state index in [1.165, 1.54) is 24.2 Å². The molecular formula is C20H12F3N5OS. The number of benzene rings is 1. The number of hydrogen-bond donors (Lipinski definition) is 1. The number of methoxy groups -OCH3 is 1. The Bertz CT molecular complexity index is 1260. The van der Waals surface area contributed by atoms with E-state index in [2.05, 4.69) is 19.9 Å². The first kappa shape index (κ1) is 19.7. The van der Waals surface area contributed by atoms with Crippen LogP contribution in [0.4, 0.5) is 13.2 Å². The molecule has 0 radical (unpaired) electrons. The molecule has 0 saturated heterocycles. The summed E-state index contributed by atoms with van der Waals surface area (Å²) in [6.07, 6.45) is -0.926. The first-order chi connectivity index (χ1) is 14.4. The molecule has 1 aromatic carbocycles. The van der Waals surface area contributed by atoms with Crippen molar-refractivity contribution in [1.82, 2.24) is 19.9 Å². The molecular weight excluding hydrogens is 415 g/mol. The number of fused-ring (bicyclic) bond motifs is 1. The summed E-state index contributed by atoms with van der Waals surface area (Å²) in [7, 11) is 1.57. The van der Waals surface area contributed by atoms with Gasteiger partial charge in [0.05, 0.1) is 23.9 Å². The van der Waals surface area contributed by atoms with E-state index in [4.69, 9.17) is 4.74 Å². The topological polar surface area (TPSA) is 87.5 Å². The smallest absolute Gasteiger partial charge is 0.417 e. The zero-order chi connectivity index (χ0) is 21.3. The van der Waals surface area contributed by atoms with Gasteiger partial charge in [-0.05, 0) is 42.1 Å². The van der Waals surface area contributed by atoms with Crippen molar-refractivity contribution in [2.75, 3.05) is 7.11 Å². The maximum Gasteiger partial charge on any atom is 0.417 e. The highest BCUT2D eigenvalue weighted by atomic mass is 32.2. The third-order valence-corrected chi connectivity index (χ3v) is 5.16. The van der Waals surface area contributed by atoms with Crippen molar-refractivity contribution in [1.29, 1.82) is 5.26 Å². The van der Waals surface area contributed by atoms with Gasteiger partial charge in [-0.25, -0.2) is 15.0 Å². The number of halogens is 3. The van der Waals surface area contributed by atoms with E-state index in [0.29, 0.717) is 16.5 Å². The standard InChI is InChI=1S/C20H12F3N5OS/c1-29-13-2-4-14(5-3-13)30-19-27-8-11(7-24)17(28-19)16-10-26-18-15(16)6-12(9-25-18)20(21,22)23/h2-6,8-10H,1H3,(H,25,26). The summed E-state index contributed by atoms with van der Waals surface area (Å²) in [5, 5.41) is 10.0. The molecule has 0 amide bonds. The fourth-order valence-corrected chi connectivity index (χ4v) is 3.53. The van der Waals surface area contributed by atoms with Crippen molar-refractivity contribution in [3.05, 3.63) is 60.0 Å². The highest BCUT2D eigenvalue weighted by molar-refractivity contribution is 7.99. The number of alkyl halides is 3. The molecule has 4 aromatic rings. The van der Waals surface area contributed by atoms with E-state index in [1.807, 2.05) is 18.2 Å². The van der Waals surface area contributed by atoms with E-state index in [0.717, 1.165) is 17.2 Å². The first-order valence-electron chi connectivity index (χ1n) is 8.53. The van der Waals surface area contributed by atoms with Gasteiger partial charge < -0.3 is 9.72 Å². The van der Waals surface area contributed by atoms with Gasteiger partial charge in [-0.3, -0.25) is 0 Å². The average Bonchev–Trinajstić information content (AvgIpc) is 3.17. The van der Waals surface area contributed by atoms with Crippen molar-refractivity contribution in [2.24, 2.45) is 0 Å². The molecule has 6 nitrogen and oxygen atoms in total. The normalized spacial score (nSPS) is 11.4. The number of hydrogen-bond acceptors (Lipinski definition) is 6. The third-order valence-electron chi connectivity index (χ3n) is 4.27. The van der Waals surface area contributed by atoms with Crippen LogP contribution in [-0.2, 0) is 6.18 Å². The highest BCUT2D eigenvalue weighted by Gasteiger charge is 2.31. The highest BCUT2D eigenvalue weighted by Crippen LogP contribution is 2.35. The minimum atomic E-state index is -4.53. The molecule has 0 unspecified atom stereocenters. The molecule has 0 aliphatic heterocycles. The summed E-state index contributed by atoms with van der Waals surface area (Å²) in [6, 6.07) is 10.2. The number of nitrogens with one attached hydrogen (secondary N) is 1. The Morgan fingerprint density at radius 3 is 2.57 bits per heavy atom. The number of aromatic nitrogens is 4. The van der Waals surface area contributed by atoms with Crippen LogP contribution in [-0.4, -0.2) is 27.0 Å². The zero-order valence-electron chi connectivity index (χ0n) is 15.4. The molecule has 0 fully saturated rings. The predicted octanol–water partition coefficient (Wildman–Crippen LogP) is 5.07. The van der Waals surface area contributed by atoms with Crippen LogP contribution in [0.5, 0.6) is 5.75 Å². The molecule has 3 heterocycles. The lowest BCUT2D eigenvalue weighted by Crippen LogP contribution is -2.05. The van der Waals surface area contributed by atoms with Crippen LogP contribution in [0.3, 0.4) is 0 Å². The van der Waals surface area contributed by atoms with Crippen molar-refractivity contribution in [3.63, 3.8) is 0 Å². The summed E-state index contributed by atoms with van der Waals surface area (Å²) >= 11 is 1.26. The molecule has 30 heavy (non-hydrogen) atoms. The second-order valence-corrected chi connectivity index (χ2v) is 7.17. The maximum atomic E-state index is 13.1. The lowest BCUT2D eigenvalue weighted by atomic mass is 10.1. The molecule has 10 heteroatoms. The van der Waals surface area contributed by atoms with Gasteiger partial charge in [0.15, 0.2) is 5.16 Å². The molecule has 150 valence electrons. The molecule has 3 aromatic heterocycles. The van der Waals surface area contributed by atoms with Crippen LogP contribution in [0, 0.1) is 11.3 Å². The van der Waals surface area contributed by atoms with E-state index >= 15 is 0 Å². The van der Waals surface area contributed by atoms with E-state index in [1.54, 1.807) is 19.2 Å². The van der Waals surface area contributed by atoms with Crippen molar-refractivity contribution in [2.45, 2.75) is 16.2 Å². The number of ether oxygens (including phenoxy) is 1. The third kappa shape index (κ3) is 3.79. The fourth-order valence-electron chi connectivity index (χ4n) is 2.81. The minimum absolute atomic E-state index is 0.146. The Hall–Kier alpha value is -3.58. The maximum absolute atomic E-state index is 13.1. The van der Waals surface area contributed by atoms with E-state index < -0.39 is 11.7 Å². The fraction of sp³-hybridized carbons (Fsp3) is 0.100. The second kappa shape index (κ2) is 7.68. The molecule has 0 saturated carbocycles. The minimum Gasteiger partial charge on any atom is -0.497 e. The SMILES string of the molecule is COc1ccc(Sc2ncc(C#N)c(-c3c[nH]c4ncc(C(F)(F)F)cc34)n2)cc1. The van der Waals surface area contributed by atoms with E-state index in [-0.39, 0.29) is 22.3 Å². The van der Waals surface area contributed by atoms with Crippen LogP contribution in [0.2, 0.25) is 0 Å². The summed E-state index contributed by atoms with van der Waals surface area (Å²) in [5.74, 6) is 0.701. The first-order valence-corrected chi connectivity index (χ1v) is 9.34. The Morgan fingerprint density at radius 2 is 1.90 bits per heavy atom. The van der Waals surface area contributed by atoms with Crippen LogP contribution in [0.25, 0.3) is 22.3 Å². The molecule has 1 N–H and O–H groups in total. The summed E-state index contributed by atoms with van der Waals surface area (Å²) in [5.41, 5.74) is 0.114. The largest absolute Gasteiger partial charge is 0.497 e. The van der Waals surface area contributed by atoms with Crippen LogP contribution in [0.15, 0.2) is 59.0 Å². The Labute approximate surface area is 172 Å². The Balaban J connectivity index is 1.78.